The SMILES string of the molecule is Cc1ccc(S(=O)(=O)N(CC2CCCNC2)C2CC2)s1. The van der Waals surface area contributed by atoms with E-state index in [4.69, 9.17) is 0 Å². The number of nitrogens with zero attached hydrogens (tertiary/aromatic N) is 1. The maximum atomic E-state index is 12.8. The van der Waals surface area contributed by atoms with Gasteiger partial charge >= 0.3 is 0 Å². The lowest BCUT2D eigenvalue weighted by atomic mass is 10.00. The van der Waals surface area contributed by atoms with Crippen LogP contribution in [0.4, 0.5) is 0 Å². The molecule has 4 nitrogen and oxygen atoms in total. The highest BCUT2D eigenvalue weighted by molar-refractivity contribution is 7.91. The first-order valence-electron chi connectivity index (χ1n) is 7.36. The van der Waals surface area contributed by atoms with Crippen molar-refractivity contribution < 1.29 is 8.42 Å². The number of hydrogen-bond donors (Lipinski definition) is 1. The van der Waals surface area contributed by atoms with Crippen molar-refractivity contribution in [3.63, 3.8) is 0 Å². The molecule has 1 N–H and O–H groups in total. The summed E-state index contributed by atoms with van der Waals surface area (Å²) in [5, 5.41) is 3.38. The Balaban J connectivity index is 1.79. The molecule has 20 heavy (non-hydrogen) atoms. The van der Waals surface area contributed by atoms with Crippen molar-refractivity contribution in [2.24, 2.45) is 5.92 Å². The predicted octanol–water partition coefficient (Wildman–Crippen LogP) is 2.21. The summed E-state index contributed by atoms with van der Waals surface area (Å²) in [4.78, 5) is 1.05. The molecule has 1 aromatic heterocycles. The van der Waals surface area contributed by atoms with Gasteiger partial charge in [0.1, 0.15) is 4.21 Å². The van der Waals surface area contributed by atoms with Crippen LogP contribution in [0.1, 0.15) is 30.6 Å². The molecule has 3 rings (SSSR count). The Hall–Kier alpha value is -0.430. The van der Waals surface area contributed by atoms with Crippen LogP contribution < -0.4 is 5.32 Å². The van der Waals surface area contributed by atoms with Crippen molar-refractivity contribution in [2.75, 3.05) is 19.6 Å². The van der Waals surface area contributed by atoms with Gasteiger partial charge in [-0.05, 0) is 63.7 Å². The van der Waals surface area contributed by atoms with Crippen LogP contribution in [0.3, 0.4) is 0 Å². The molecule has 2 fully saturated rings. The smallest absolute Gasteiger partial charge is 0.252 e. The summed E-state index contributed by atoms with van der Waals surface area (Å²) in [7, 11) is -3.29. The average Bonchev–Trinajstić information content (AvgIpc) is 3.17. The Morgan fingerprint density at radius 3 is 2.70 bits per heavy atom. The standard InChI is InChI=1S/C14H22N2O2S2/c1-11-4-7-14(19-11)20(17,18)16(13-5-6-13)10-12-3-2-8-15-9-12/h4,7,12-13,15H,2-3,5-6,8-10H2,1H3. The van der Waals surface area contributed by atoms with Crippen LogP contribution in [-0.4, -0.2) is 38.4 Å². The zero-order valence-electron chi connectivity index (χ0n) is 11.8. The monoisotopic (exact) mass is 314 g/mol. The highest BCUT2D eigenvalue weighted by Gasteiger charge is 2.39. The third kappa shape index (κ3) is 3.08. The average molecular weight is 314 g/mol. The quantitative estimate of drug-likeness (QED) is 0.906. The van der Waals surface area contributed by atoms with E-state index < -0.39 is 10.0 Å². The largest absolute Gasteiger partial charge is 0.316 e. The van der Waals surface area contributed by atoms with E-state index in [1.165, 1.54) is 11.3 Å². The summed E-state index contributed by atoms with van der Waals surface area (Å²) in [5.41, 5.74) is 0. The number of aryl methyl sites for hydroxylation is 1. The molecule has 0 aromatic carbocycles. The highest BCUT2D eigenvalue weighted by atomic mass is 32.2. The van der Waals surface area contributed by atoms with Crippen LogP contribution in [0, 0.1) is 12.8 Å². The summed E-state index contributed by atoms with van der Waals surface area (Å²) in [5.74, 6) is 0.459. The first-order valence-corrected chi connectivity index (χ1v) is 9.62. The fraction of sp³-hybridized carbons (Fsp3) is 0.714. The van der Waals surface area contributed by atoms with Crippen molar-refractivity contribution in [2.45, 2.75) is 42.9 Å². The van der Waals surface area contributed by atoms with E-state index in [0.29, 0.717) is 16.7 Å². The second-order valence-electron chi connectivity index (χ2n) is 5.88. The molecule has 112 valence electrons. The molecule has 1 saturated carbocycles. The molecule has 0 spiro atoms. The van der Waals surface area contributed by atoms with E-state index in [-0.39, 0.29) is 6.04 Å². The van der Waals surface area contributed by atoms with Crippen molar-refractivity contribution in [1.82, 2.24) is 9.62 Å². The van der Waals surface area contributed by atoms with Crippen LogP contribution >= 0.6 is 11.3 Å². The maximum absolute atomic E-state index is 12.8. The van der Waals surface area contributed by atoms with Gasteiger partial charge in [-0.2, -0.15) is 4.31 Å². The molecule has 1 aliphatic heterocycles. The Kier molecular flexibility index (Phi) is 4.17. The molecular formula is C14H22N2O2S2. The topological polar surface area (TPSA) is 49.4 Å². The minimum atomic E-state index is -3.29. The molecule has 1 aliphatic carbocycles. The van der Waals surface area contributed by atoms with E-state index in [9.17, 15) is 8.42 Å². The molecule has 1 aromatic rings. The fourth-order valence-electron chi connectivity index (χ4n) is 2.81. The van der Waals surface area contributed by atoms with Gasteiger partial charge in [0.25, 0.3) is 10.0 Å². The second-order valence-corrected chi connectivity index (χ2v) is 9.29. The lowest BCUT2D eigenvalue weighted by Crippen LogP contribution is -2.41. The highest BCUT2D eigenvalue weighted by Crippen LogP contribution is 2.35. The van der Waals surface area contributed by atoms with Crippen LogP contribution in [0.25, 0.3) is 0 Å². The molecule has 1 unspecified atom stereocenters. The zero-order chi connectivity index (χ0) is 14.2. The molecule has 0 bridgehead atoms. The third-order valence-electron chi connectivity index (χ3n) is 4.07. The van der Waals surface area contributed by atoms with Crippen molar-refractivity contribution in [1.29, 1.82) is 0 Å². The molecule has 1 atom stereocenters. The van der Waals surface area contributed by atoms with E-state index in [1.54, 1.807) is 10.4 Å². The van der Waals surface area contributed by atoms with Crippen molar-refractivity contribution in [3.8, 4) is 0 Å². The molecule has 2 heterocycles. The summed E-state index contributed by atoms with van der Waals surface area (Å²) in [6.07, 6.45) is 4.32. The number of sulfonamides is 1. The molecular weight excluding hydrogens is 292 g/mol. The molecule has 6 heteroatoms. The molecule has 1 saturated heterocycles. The Labute approximate surface area is 125 Å². The van der Waals surface area contributed by atoms with E-state index in [1.807, 2.05) is 13.0 Å². The van der Waals surface area contributed by atoms with Gasteiger partial charge in [0, 0.05) is 17.5 Å². The lowest BCUT2D eigenvalue weighted by Gasteiger charge is -2.29. The predicted molar refractivity (Wildman–Crippen MR) is 81.6 cm³/mol. The van der Waals surface area contributed by atoms with Crippen molar-refractivity contribution >= 4 is 21.4 Å². The molecule has 2 aliphatic rings. The number of thiophene rings is 1. The van der Waals surface area contributed by atoms with Crippen LogP contribution in [0.2, 0.25) is 0 Å². The number of hydrogen-bond acceptors (Lipinski definition) is 4. The minimum absolute atomic E-state index is 0.240. The zero-order valence-corrected chi connectivity index (χ0v) is 13.5. The van der Waals surface area contributed by atoms with Gasteiger partial charge in [-0.25, -0.2) is 8.42 Å². The summed E-state index contributed by atoms with van der Waals surface area (Å²) in [6, 6.07) is 3.89. The van der Waals surface area contributed by atoms with Gasteiger partial charge in [-0.3, -0.25) is 0 Å². The minimum Gasteiger partial charge on any atom is -0.316 e. The summed E-state index contributed by atoms with van der Waals surface area (Å²) in [6.45, 7) is 4.65. The Morgan fingerprint density at radius 1 is 1.35 bits per heavy atom. The number of piperidine rings is 1. The van der Waals surface area contributed by atoms with E-state index >= 15 is 0 Å². The normalized spacial score (nSPS) is 24.2. The molecule has 0 radical (unpaired) electrons. The number of rotatable bonds is 5. The summed E-state index contributed by atoms with van der Waals surface area (Å²) >= 11 is 1.38. The molecule has 0 amide bonds. The number of nitrogens with one attached hydrogen (secondary N) is 1. The van der Waals surface area contributed by atoms with Crippen molar-refractivity contribution in [3.05, 3.63) is 17.0 Å². The van der Waals surface area contributed by atoms with Gasteiger partial charge in [-0.15, -0.1) is 11.3 Å². The van der Waals surface area contributed by atoms with Crippen LogP contribution in [0.15, 0.2) is 16.3 Å². The Bertz CT molecular complexity index is 557. The Morgan fingerprint density at radius 2 is 2.15 bits per heavy atom. The summed E-state index contributed by atoms with van der Waals surface area (Å²) < 4.78 is 27.9. The van der Waals surface area contributed by atoms with Crippen LogP contribution in [0.5, 0.6) is 0 Å². The van der Waals surface area contributed by atoms with E-state index in [2.05, 4.69) is 5.32 Å². The maximum Gasteiger partial charge on any atom is 0.252 e. The first kappa shape index (κ1) is 14.5. The van der Waals surface area contributed by atoms with Gasteiger partial charge in [0.2, 0.25) is 0 Å². The fourth-order valence-corrected chi connectivity index (χ4v) is 5.98. The van der Waals surface area contributed by atoms with Gasteiger partial charge in [0.15, 0.2) is 0 Å². The third-order valence-corrected chi connectivity index (χ3v) is 7.46. The van der Waals surface area contributed by atoms with Gasteiger partial charge in [0.05, 0.1) is 0 Å². The first-order chi connectivity index (χ1) is 9.57. The second kappa shape index (κ2) is 5.75. The van der Waals surface area contributed by atoms with Gasteiger partial charge in [-0.1, -0.05) is 0 Å². The lowest BCUT2D eigenvalue weighted by molar-refractivity contribution is 0.287. The van der Waals surface area contributed by atoms with E-state index in [0.717, 1.165) is 43.6 Å². The van der Waals surface area contributed by atoms with Gasteiger partial charge < -0.3 is 5.32 Å². The van der Waals surface area contributed by atoms with Crippen LogP contribution in [-0.2, 0) is 10.0 Å².